The molecule has 2 rings (SSSR count). The summed E-state index contributed by atoms with van der Waals surface area (Å²) < 4.78 is 1.34. The van der Waals surface area contributed by atoms with Crippen molar-refractivity contribution in [2.75, 3.05) is 6.54 Å². The van der Waals surface area contributed by atoms with E-state index in [0.717, 1.165) is 19.4 Å². The Morgan fingerprint density at radius 2 is 2.26 bits per heavy atom. The SMILES string of the molecule is C/C=C(/I)N(CCC)[C@@H]1CCc2ccc(O)cc2C1. The number of rotatable bonds is 4. The van der Waals surface area contributed by atoms with Gasteiger partial charge < -0.3 is 10.0 Å². The van der Waals surface area contributed by atoms with Crippen LogP contribution in [0.15, 0.2) is 28.0 Å². The highest BCUT2D eigenvalue weighted by molar-refractivity contribution is 14.1. The first-order chi connectivity index (χ1) is 9.15. The van der Waals surface area contributed by atoms with Gasteiger partial charge in [0.1, 0.15) is 5.75 Å². The van der Waals surface area contributed by atoms with Crippen LogP contribution >= 0.6 is 22.6 Å². The minimum absolute atomic E-state index is 0.391. The van der Waals surface area contributed by atoms with Gasteiger partial charge in [-0.1, -0.05) is 19.1 Å². The molecule has 1 N–H and O–H groups in total. The van der Waals surface area contributed by atoms with Crippen LogP contribution in [0.1, 0.15) is 37.8 Å². The maximum atomic E-state index is 9.65. The van der Waals surface area contributed by atoms with Gasteiger partial charge in [-0.05, 0) is 78.5 Å². The maximum absolute atomic E-state index is 9.65. The van der Waals surface area contributed by atoms with Crippen LogP contribution in [0, 0.1) is 0 Å². The third-order valence-corrected chi connectivity index (χ3v) is 5.05. The summed E-state index contributed by atoms with van der Waals surface area (Å²) in [6, 6.07) is 6.38. The molecule has 0 unspecified atom stereocenters. The zero-order valence-electron chi connectivity index (χ0n) is 11.7. The first kappa shape index (κ1) is 14.7. The van der Waals surface area contributed by atoms with Crippen LogP contribution in [-0.2, 0) is 12.8 Å². The van der Waals surface area contributed by atoms with E-state index in [2.05, 4.69) is 53.5 Å². The zero-order valence-corrected chi connectivity index (χ0v) is 13.9. The highest BCUT2D eigenvalue weighted by atomic mass is 127. The van der Waals surface area contributed by atoms with E-state index >= 15 is 0 Å². The van der Waals surface area contributed by atoms with Crippen LogP contribution in [0.4, 0.5) is 0 Å². The van der Waals surface area contributed by atoms with E-state index in [1.165, 1.54) is 27.7 Å². The number of hydrogen-bond donors (Lipinski definition) is 1. The molecule has 3 heteroatoms. The summed E-state index contributed by atoms with van der Waals surface area (Å²) in [7, 11) is 0. The predicted octanol–water partition coefficient (Wildman–Crippen LogP) is 4.26. The molecule has 0 aliphatic heterocycles. The third-order valence-electron chi connectivity index (χ3n) is 3.81. The van der Waals surface area contributed by atoms with Crippen molar-refractivity contribution in [3.8, 4) is 5.75 Å². The highest BCUT2D eigenvalue weighted by Gasteiger charge is 2.24. The average molecular weight is 371 g/mol. The molecule has 2 nitrogen and oxygen atoms in total. The molecule has 0 spiro atoms. The Bertz CT molecular complexity index is 470. The highest BCUT2D eigenvalue weighted by Crippen LogP contribution is 2.30. The Morgan fingerprint density at radius 1 is 1.47 bits per heavy atom. The lowest BCUT2D eigenvalue weighted by Crippen LogP contribution is -2.38. The van der Waals surface area contributed by atoms with Crippen LogP contribution < -0.4 is 0 Å². The molecule has 0 amide bonds. The Hall–Kier alpha value is -0.710. The van der Waals surface area contributed by atoms with E-state index < -0.39 is 0 Å². The second kappa shape index (κ2) is 6.64. The second-order valence-electron chi connectivity index (χ2n) is 5.15. The predicted molar refractivity (Wildman–Crippen MR) is 88.7 cm³/mol. The fourth-order valence-electron chi connectivity index (χ4n) is 2.86. The lowest BCUT2D eigenvalue weighted by Gasteiger charge is -2.36. The fourth-order valence-corrected chi connectivity index (χ4v) is 3.50. The van der Waals surface area contributed by atoms with Crippen LogP contribution in [0.2, 0.25) is 0 Å². The van der Waals surface area contributed by atoms with Crippen molar-refractivity contribution in [1.29, 1.82) is 0 Å². The van der Waals surface area contributed by atoms with Crippen LogP contribution in [0.25, 0.3) is 0 Å². The topological polar surface area (TPSA) is 23.5 Å². The Morgan fingerprint density at radius 3 is 2.95 bits per heavy atom. The number of phenols is 1. The Labute approximate surface area is 129 Å². The van der Waals surface area contributed by atoms with Gasteiger partial charge in [-0.2, -0.15) is 0 Å². The molecular formula is C16H22INO. The van der Waals surface area contributed by atoms with Gasteiger partial charge in [-0.3, -0.25) is 0 Å². The van der Waals surface area contributed by atoms with Crippen molar-refractivity contribution in [2.24, 2.45) is 0 Å². The number of benzene rings is 1. The summed E-state index contributed by atoms with van der Waals surface area (Å²) in [6.45, 7) is 5.45. The monoisotopic (exact) mass is 371 g/mol. The Balaban J connectivity index is 2.19. The standard InChI is InChI=1S/C16H22INO/c1-3-9-18(16(17)4-2)14-7-5-12-6-8-15(19)11-13(12)10-14/h4,6,8,11,14,19H,3,5,7,9-10H2,1-2H3/b16-4-/t14-/m1/s1. The largest absolute Gasteiger partial charge is 0.508 e. The van der Waals surface area contributed by atoms with Crippen molar-refractivity contribution in [1.82, 2.24) is 4.90 Å². The number of hydrogen-bond acceptors (Lipinski definition) is 2. The van der Waals surface area contributed by atoms with Gasteiger partial charge in [0.05, 0.1) is 3.70 Å². The summed E-state index contributed by atoms with van der Waals surface area (Å²) in [6.07, 6.45) is 6.73. The van der Waals surface area contributed by atoms with Gasteiger partial charge in [0.25, 0.3) is 0 Å². The summed E-state index contributed by atoms with van der Waals surface area (Å²) in [5, 5.41) is 9.65. The molecular weight excluding hydrogens is 349 g/mol. The van der Waals surface area contributed by atoms with E-state index in [9.17, 15) is 5.11 Å². The van der Waals surface area contributed by atoms with E-state index in [-0.39, 0.29) is 0 Å². The summed E-state index contributed by atoms with van der Waals surface area (Å²) in [5.41, 5.74) is 2.72. The minimum Gasteiger partial charge on any atom is -0.508 e. The van der Waals surface area contributed by atoms with E-state index in [1.54, 1.807) is 6.07 Å². The molecule has 0 bridgehead atoms. The molecule has 0 heterocycles. The zero-order chi connectivity index (χ0) is 13.8. The Kier molecular flexibility index (Phi) is 5.13. The van der Waals surface area contributed by atoms with E-state index in [0.29, 0.717) is 11.8 Å². The summed E-state index contributed by atoms with van der Waals surface area (Å²) in [4.78, 5) is 2.52. The van der Waals surface area contributed by atoms with Crippen molar-refractivity contribution in [2.45, 2.75) is 45.6 Å². The molecule has 19 heavy (non-hydrogen) atoms. The minimum atomic E-state index is 0.391. The van der Waals surface area contributed by atoms with Crippen molar-refractivity contribution in [3.05, 3.63) is 39.1 Å². The number of phenolic OH excluding ortho intramolecular Hbond substituents is 1. The summed E-state index contributed by atoms with van der Waals surface area (Å²) in [5.74, 6) is 0.391. The van der Waals surface area contributed by atoms with Crippen molar-refractivity contribution >= 4 is 22.6 Å². The van der Waals surface area contributed by atoms with E-state index in [1.807, 2.05) is 6.07 Å². The van der Waals surface area contributed by atoms with Gasteiger partial charge in [-0.25, -0.2) is 0 Å². The van der Waals surface area contributed by atoms with Crippen LogP contribution in [-0.4, -0.2) is 22.6 Å². The first-order valence-electron chi connectivity index (χ1n) is 7.05. The van der Waals surface area contributed by atoms with Gasteiger partial charge in [0.2, 0.25) is 0 Å². The van der Waals surface area contributed by atoms with E-state index in [4.69, 9.17) is 0 Å². The lowest BCUT2D eigenvalue weighted by atomic mass is 9.87. The van der Waals surface area contributed by atoms with Crippen LogP contribution in [0.3, 0.4) is 0 Å². The fraction of sp³-hybridized carbons (Fsp3) is 0.500. The van der Waals surface area contributed by atoms with Gasteiger partial charge in [0.15, 0.2) is 0 Å². The van der Waals surface area contributed by atoms with Gasteiger partial charge in [-0.15, -0.1) is 0 Å². The van der Waals surface area contributed by atoms with Crippen LogP contribution in [0.5, 0.6) is 5.75 Å². The molecule has 1 aliphatic rings. The average Bonchev–Trinajstić information content (AvgIpc) is 2.43. The number of nitrogens with zero attached hydrogens (tertiary/aromatic N) is 1. The molecule has 0 saturated carbocycles. The number of halogens is 1. The molecule has 1 aliphatic carbocycles. The van der Waals surface area contributed by atoms with Gasteiger partial charge in [0, 0.05) is 12.6 Å². The van der Waals surface area contributed by atoms with Crippen molar-refractivity contribution < 1.29 is 5.11 Å². The molecule has 0 saturated heterocycles. The third kappa shape index (κ3) is 3.44. The number of aromatic hydroxyl groups is 1. The molecule has 1 atom stereocenters. The maximum Gasteiger partial charge on any atom is 0.115 e. The first-order valence-corrected chi connectivity index (χ1v) is 8.12. The lowest BCUT2D eigenvalue weighted by molar-refractivity contribution is 0.249. The molecule has 104 valence electrons. The molecule has 0 fully saturated rings. The van der Waals surface area contributed by atoms with Gasteiger partial charge >= 0.3 is 0 Å². The molecule has 1 aromatic rings. The molecule has 1 aromatic carbocycles. The quantitative estimate of drug-likeness (QED) is 0.632. The van der Waals surface area contributed by atoms with Crippen molar-refractivity contribution in [3.63, 3.8) is 0 Å². The normalized spacial score (nSPS) is 19.1. The molecule has 0 radical (unpaired) electrons. The summed E-state index contributed by atoms with van der Waals surface area (Å²) >= 11 is 2.44. The smallest absolute Gasteiger partial charge is 0.115 e. The number of fused-ring (bicyclic) bond motifs is 1. The number of allylic oxidation sites excluding steroid dienone is 1. The second-order valence-corrected chi connectivity index (χ2v) is 6.26. The molecule has 0 aromatic heterocycles. The number of aryl methyl sites for hydroxylation is 1.